The molecular weight excluding hydrogens is 370 g/mol. The summed E-state index contributed by atoms with van der Waals surface area (Å²) in [5, 5.41) is 0. The van der Waals surface area contributed by atoms with Gasteiger partial charge in [0.2, 0.25) is 10.0 Å². The molecule has 0 fully saturated rings. The maximum Gasteiger partial charge on any atom is 0.242 e. The number of rotatable bonds is 4. The van der Waals surface area contributed by atoms with Crippen molar-refractivity contribution in [3.63, 3.8) is 0 Å². The standard InChI is InChI=1S/C11H11Br2NO2S/c1-3-9(4-2)14-17(15,16)11-7-8(12)5-6-10(11)13/h1,5-7,9,14H,4H2,2H3. The molecular formula is C11H11Br2NO2S. The highest BCUT2D eigenvalue weighted by atomic mass is 79.9. The second kappa shape index (κ2) is 6.01. The van der Waals surface area contributed by atoms with Gasteiger partial charge in [0, 0.05) is 8.95 Å². The molecule has 1 unspecified atom stereocenters. The molecule has 6 heteroatoms. The maximum absolute atomic E-state index is 12.1. The summed E-state index contributed by atoms with van der Waals surface area (Å²) in [6.45, 7) is 1.82. The van der Waals surface area contributed by atoms with E-state index in [-0.39, 0.29) is 4.90 Å². The molecule has 0 amide bonds. The van der Waals surface area contributed by atoms with Gasteiger partial charge in [-0.2, -0.15) is 4.72 Å². The molecule has 1 aromatic rings. The maximum atomic E-state index is 12.1. The van der Waals surface area contributed by atoms with Crippen molar-refractivity contribution in [3.8, 4) is 12.3 Å². The Morgan fingerprint density at radius 1 is 1.47 bits per heavy atom. The predicted molar refractivity (Wildman–Crippen MR) is 75.1 cm³/mol. The number of hydrogen-bond donors (Lipinski definition) is 1. The fourth-order valence-corrected chi connectivity index (χ4v) is 3.91. The van der Waals surface area contributed by atoms with E-state index in [1.807, 2.05) is 6.92 Å². The van der Waals surface area contributed by atoms with Crippen LogP contribution in [0.15, 0.2) is 32.0 Å². The van der Waals surface area contributed by atoms with Crippen LogP contribution in [0, 0.1) is 12.3 Å². The molecule has 1 aromatic carbocycles. The average Bonchev–Trinajstić information content (AvgIpc) is 2.29. The topological polar surface area (TPSA) is 46.2 Å². The van der Waals surface area contributed by atoms with Gasteiger partial charge in [-0.1, -0.05) is 28.8 Å². The minimum atomic E-state index is -3.61. The Hall–Kier alpha value is -0.350. The van der Waals surface area contributed by atoms with Gasteiger partial charge >= 0.3 is 0 Å². The summed E-state index contributed by atoms with van der Waals surface area (Å²) in [5.41, 5.74) is 0. The number of benzene rings is 1. The molecule has 0 aliphatic carbocycles. The number of halogens is 2. The van der Waals surface area contributed by atoms with Crippen molar-refractivity contribution >= 4 is 41.9 Å². The van der Waals surface area contributed by atoms with Crippen LogP contribution in [-0.2, 0) is 10.0 Å². The van der Waals surface area contributed by atoms with Crippen LogP contribution in [-0.4, -0.2) is 14.5 Å². The first-order valence-corrected chi connectivity index (χ1v) is 7.91. The van der Waals surface area contributed by atoms with E-state index in [2.05, 4.69) is 42.5 Å². The van der Waals surface area contributed by atoms with E-state index in [4.69, 9.17) is 6.42 Å². The Bertz CT molecular complexity index is 549. The lowest BCUT2D eigenvalue weighted by molar-refractivity contribution is 0.570. The van der Waals surface area contributed by atoms with E-state index in [1.165, 1.54) is 6.07 Å². The van der Waals surface area contributed by atoms with Crippen LogP contribution in [0.5, 0.6) is 0 Å². The summed E-state index contributed by atoms with van der Waals surface area (Å²) >= 11 is 6.44. The van der Waals surface area contributed by atoms with Crippen LogP contribution >= 0.6 is 31.9 Å². The van der Waals surface area contributed by atoms with Crippen molar-refractivity contribution in [2.45, 2.75) is 24.3 Å². The minimum absolute atomic E-state index is 0.167. The molecule has 1 N–H and O–H groups in total. The second-order valence-corrected chi connectivity index (χ2v) is 6.78. The summed E-state index contributed by atoms with van der Waals surface area (Å²) in [7, 11) is -3.61. The third kappa shape index (κ3) is 3.81. The molecule has 1 atom stereocenters. The molecule has 0 aliphatic heterocycles. The molecule has 0 bridgehead atoms. The van der Waals surface area contributed by atoms with Crippen molar-refractivity contribution in [1.29, 1.82) is 0 Å². The van der Waals surface area contributed by atoms with E-state index in [0.717, 1.165) is 0 Å². The summed E-state index contributed by atoms with van der Waals surface area (Å²) in [6.07, 6.45) is 5.78. The summed E-state index contributed by atoms with van der Waals surface area (Å²) in [6, 6.07) is 4.44. The van der Waals surface area contributed by atoms with Crippen LogP contribution in [0.1, 0.15) is 13.3 Å². The lowest BCUT2D eigenvalue weighted by atomic mass is 10.3. The van der Waals surface area contributed by atoms with Gasteiger partial charge in [0.05, 0.1) is 10.9 Å². The molecule has 3 nitrogen and oxygen atoms in total. The Morgan fingerprint density at radius 2 is 2.12 bits per heavy atom. The molecule has 0 saturated carbocycles. The second-order valence-electron chi connectivity index (χ2n) is 3.32. The Morgan fingerprint density at radius 3 is 2.65 bits per heavy atom. The third-order valence-electron chi connectivity index (χ3n) is 2.09. The van der Waals surface area contributed by atoms with Crippen molar-refractivity contribution in [2.24, 2.45) is 0 Å². The van der Waals surface area contributed by atoms with E-state index >= 15 is 0 Å². The van der Waals surface area contributed by atoms with Crippen molar-refractivity contribution in [3.05, 3.63) is 27.1 Å². The lowest BCUT2D eigenvalue weighted by Gasteiger charge is -2.12. The summed E-state index contributed by atoms with van der Waals surface area (Å²) < 4.78 is 27.8. The van der Waals surface area contributed by atoms with Gasteiger partial charge < -0.3 is 0 Å². The van der Waals surface area contributed by atoms with Gasteiger partial charge in [-0.3, -0.25) is 0 Å². The zero-order valence-electron chi connectivity index (χ0n) is 9.07. The Kier molecular flexibility index (Phi) is 5.20. The zero-order chi connectivity index (χ0) is 13.1. The lowest BCUT2D eigenvalue weighted by Crippen LogP contribution is -2.33. The highest BCUT2D eigenvalue weighted by Crippen LogP contribution is 2.25. The van der Waals surface area contributed by atoms with Crippen LogP contribution < -0.4 is 4.72 Å². The van der Waals surface area contributed by atoms with Gasteiger partial charge in [-0.05, 0) is 40.5 Å². The zero-order valence-corrected chi connectivity index (χ0v) is 13.1. The first kappa shape index (κ1) is 14.7. The minimum Gasteiger partial charge on any atom is -0.207 e. The molecule has 0 aromatic heterocycles. The first-order valence-electron chi connectivity index (χ1n) is 4.84. The largest absolute Gasteiger partial charge is 0.242 e. The van der Waals surface area contributed by atoms with Gasteiger partial charge in [-0.15, -0.1) is 6.42 Å². The molecule has 0 radical (unpaired) electrons. The average molecular weight is 381 g/mol. The molecule has 17 heavy (non-hydrogen) atoms. The van der Waals surface area contributed by atoms with Gasteiger partial charge in [0.25, 0.3) is 0 Å². The quantitative estimate of drug-likeness (QED) is 0.816. The number of terminal acetylenes is 1. The SMILES string of the molecule is C#CC(CC)NS(=O)(=O)c1cc(Br)ccc1Br. The smallest absolute Gasteiger partial charge is 0.207 e. The van der Waals surface area contributed by atoms with E-state index in [1.54, 1.807) is 12.1 Å². The van der Waals surface area contributed by atoms with E-state index in [9.17, 15) is 8.42 Å². The Labute approximate surface area is 118 Å². The fourth-order valence-electron chi connectivity index (χ4n) is 1.17. The van der Waals surface area contributed by atoms with Crippen LogP contribution in [0.25, 0.3) is 0 Å². The van der Waals surface area contributed by atoms with Crippen molar-refractivity contribution < 1.29 is 8.42 Å². The highest BCUT2D eigenvalue weighted by molar-refractivity contribution is 9.11. The summed E-state index contributed by atoms with van der Waals surface area (Å²) in [5.74, 6) is 2.39. The normalized spacial score (nSPS) is 13.1. The number of sulfonamides is 1. The van der Waals surface area contributed by atoms with Gasteiger partial charge in [0.1, 0.15) is 0 Å². The van der Waals surface area contributed by atoms with Crippen LogP contribution in [0.2, 0.25) is 0 Å². The molecule has 1 rings (SSSR count). The number of hydrogen-bond acceptors (Lipinski definition) is 2. The predicted octanol–water partition coefficient (Wildman–Crippen LogP) is 2.90. The number of nitrogens with one attached hydrogen (secondary N) is 1. The summed E-state index contributed by atoms with van der Waals surface area (Å²) in [4.78, 5) is 0.167. The fraction of sp³-hybridized carbons (Fsp3) is 0.273. The first-order chi connectivity index (χ1) is 7.90. The highest BCUT2D eigenvalue weighted by Gasteiger charge is 2.20. The van der Waals surface area contributed by atoms with Crippen LogP contribution in [0.4, 0.5) is 0 Å². The molecule has 0 heterocycles. The van der Waals surface area contributed by atoms with Crippen molar-refractivity contribution in [1.82, 2.24) is 4.72 Å². The Balaban J connectivity index is 3.14. The van der Waals surface area contributed by atoms with Crippen LogP contribution in [0.3, 0.4) is 0 Å². The molecule has 0 saturated heterocycles. The molecule has 0 spiro atoms. The molecule has 0 aliphatic rings. The van der Waals surface area contributed by atoms with Gasteiger partial charge in [-0.25, -0.2) is 8.42 Å². The van der Waals surface area contributed by atoms with E-state index < -0.39 is 16.1 Å². The van der Waals surface area contributed by atoms with Crippen molar-refractivity contribution in [2.75, 3.05) is 0 Å². The van der Waals surface area contributed by atoms with Gasteiger partial charge in [0.15, 0.2) is 0 Å². The molecule has 92 valence electrons. The monoisotopic (exact) mass is 379 g/mol. The third-order valence-corrected chi connectivity index (χ3v) is 5.05. The van der Waals surface area contributed by atoms with E-state index in [0.29, 0.717) is 15.4 Å².